The Hall–Kier alpha value is -2.94. The van der Waals surface area contributed by atoms with Crippen LogP contribution in [0, 0.1) is 0 Å². The second kappa shape index (κ2) is 16.5. The highest BCUT2D eigenvalue weighted by Crippen LogP contribution is 2.25. The predicted octanol–water partition coefficient (Wildman–Crippen LogP) is 6.04. The summed E-state index contributed by atoms with van der Waals surface area (Å²) in [4.78, 5) is 30.9. The Labute approximate surface area is 252 Å². The summed E-state index contributed by atoms with van der Waals surface area (Å²) in [5.41, 5.74) is 3.30. The molecule has 0 aliphatic heterocycles. The van der Waals surface area contributed by atoms with Gasteiger partial charge in [0.05, 0.1) is 19.7 Å². The van der Waals surface area contributed by atoms with Crippen molar-refractivity contribution in [3.8, 4) is 0 Å². The molecule has 4 rings (SSSR count). The van der Waals surface area contributed by atoms with Crippen LogP contribution >= 0.6 is 15.9 Å². The molecular weight excluding hydrogens is 582 g/mol. The second-order valence-electron chi connectivity index (χ2n) is 10.7. The molecule has 0 atom stereocenters. The zero-order chi connectivity index (χ0) is 28.9. The van der Waals surface area contributed by atoms with Crippen LogP contribution in [0.5, 0.6) is 0 Å². The Morgan fingerprint density at radius 2 is 1.68 bits per heavy atom. The van der Waals surface area contributed by atoms with Crippen LogP contribution in [0.25, 0.3) is 0 Å². The number of carbonyl (C=O) groups is 2. The van der Waals surface area contributed by atoms with Crippen LogP contribution in [0.4, 0.5) is 0 Å². The predicted molar refractivity (Wildman–Crippen MR) is 164 cm³/mol. The van der Waals surface area contributed by atoms with Crippen molar-refractivity contribution >= 4 is 27.7 Å². The van der Waals surface area contributed by atoms with Crippen LogP contribution < -0.4 is 0 Å². The summed E-state index contributed by atoms with van der Waals surface area (Å²) in [5.74, 6) is -0.185. The molecule has 41 heavy (non-hydrogen) atoms. The summed E-state index contributed by atoms with van der Waals surface area (Å²) in [6.45, 7) is 2.58. The maximum absolute atomic E-state index is 14.0. The van der Waals surface area contributed by atoms with Gasteiger partial charge in [-0.3, -0.25) is 9.59 Å². The van der Waals surface area contributed by atoms with E-state index < -0.39 is 0 Å². The van der Waals surface area contributed by atoms with Gasteiger partial charge in [0.2, 0.25) is 11.8 Å². The molecule has 1 saturated carbocycles. The van der Waals surface area contributed by atoms with Gasteiger partial charge in [-0.15, -0.1) is 0 Å². The number of aromatic nitrogens is 1. The van der Waals surface area contributed by atoms with Gasteiger partial charge in [0.1, 0.15) is 6.61 Å². The first-order chi connectivity index (χ1) is 20.0. The first kappa shape index (κ1) is 31.0. The number of benzene rings is 2. The lowest BCUT2D eigenvalue weighted by atomic mass is 9.94. The highest BCUT2D eigenvalue weighted by atomic mass is 79.9. The number of amides is 2. The van der Waals surface area contributed by atoms with Crippen molar-refractivity contribution in [2.24, 2.45) is 0 Å². The average Bonchev–Trinajstić information content (AvgIpc) is 3.43. The quantitative estimate of drug-likeness (QED) is 0.194. The number of ether oxygens (including phenoxy) is 2. The van der Waals surface area contributed by atoms with Gasteiger partial charge in [-0.1, -0.05) is 77.7 Å². The summed E-state index contributed by atoms with van der Waals surface area (Å²) < 4.78 is 14.2. The lowest BCUT2D eigenvalue weighted by Crippen LogP contribution is -2.48. The average molecular weight is 625 g/mol. The summed E-state index contributed by atoms with van der Waals surface area (Å²) in [6.07, 6.45) is 8.18. The molecule has 1 aliphatic carbocycles. The summed E-state index contributed by atoms with van der Waals surface area (Å²) in [6, 6.07) is 22.4. The third-order valence-corrected chi connectivity index (χ3v) is 8.18. The smallest absolute Gasteiger partial charge is 0.249 e. The van der Waals surface area contributed by atoms with Crippen molar-refractivity contribution in [2.45, 2.75) is 64.3 Å². The van der Waals surface area contributed by atoms with Crippen LogP contribution in [-0.4, -0.2) is 65.6 Å². The molecule has 220 valence electrons. The number of carbonyl (C=O) groups excluding carboxylic acids is 2. The molecule has 0 bridgehead atoms. The molecule has 1 heterocycles. The fraction of sp³-hybridized carbons (Fsp3) is 0.455. The van der Waals surface area contributed by atoms with Crippen LogP contribution in [0.15, 0.2) is 77.4 Å². The SMILES string of the molecule is COCCCN(CC(=O)N(Cc1cccn1Cc1ccc(Br)cc1)C1CCCCC1)C(=O)COCc1ccccc1. The standard InChI is InChI=1S/C33H42BrN3O4/c1-40-21-9-20-36(33(39)26-41-25-28-10-4-2-5-11-28)24-32(38)37(30-12-6-3-7-13-30)23-31-14-8-19-35(31)22-27-15-17-29(34)18-16-27/h2,4-5,8,10-11,14-19,30H,3,6-7,9,12-13,20-26H2,1H3. The highest BCUT2D eigenvalue weighted by molar-refractivity contribution is 9.10. The number of hydrogen-bond acceptors (Lipinski definition) is 4. The van der Waals surface area contributed by atoms with E-state index in [9.17, 15) is 9.59 Å². The van der Waals surface area contributed by atoms with E-state index in [0.717, 1.165) is 48.0 Å². The van der Waals surface area contributed by atoms with Gasteiger partial charge in [0.25, 0.3) is 0 Å². The van der Waals surface area contributed by atoms with Crippen LogP contribution in [0.1, 0.15) is 55.3 Å². The Kier molecular flexibility index (Phi) is 12.5. The fourth-order valence-electron chi connectivity index (χ4n) is 5.39. The summed E-state index contributed by atoms with van der Waals surface area (Å²) in [7, 11) is 1.65. The number of nitrogens with zero attached hydrogens (tertiary/aromatic N) is 3. The molecule has 0 N–H and O–H groups in total. The van der Waals surface area contributed by atoms with Gasteiger partial charge < -0.3 is 23.8 Å². The molecule has 0 spiro atoms. The largest absolute Gasteiger partial charge is 0.385 e. The van der Waals surface area contributed by atoms with Gasteiger partial charge in [-0.25, -0.2) is 0 Å². The summed E-state index contributed by atoms with van der Waals surface area (Å²) >= 11 is 3.51. The molecule has 3 aromatic rings. The van der Waals surface area contributed by atoms with Crippen molar-refractivity contribution < 1.29 is 19.1 Å². The minimum atomic E-state index is -0.174. The van der Waals surface area contributed by atoms with E-state index in [1.807, 2.05) is 41.3 Å². The third-order valence-electron chi connectivity index (χ3n) is 7.65. The van der Waals surface area contributed by atoms with Crippen LogP contribution in [0.2, 0.25) is 0 Å². The molecule has 7 nitrogen and oxygen atoms in total. The maximum Gasteiger partial charge on any atom is 0.249 e. The van der Waals surface area contributed by atoms with Gasteiger partial charge in [-0.2, -0.15) is 0 Å². The zero-order valence-electron chi connectivity index (χ0n) is 24.1. The Morgan fingerprint density at radius 1 is 0.927 bits per heavy atom. The van der Waals surface area contributed by atoms with Crippen molar-refractivity contribution in [3.05, 3.63) is 94.2 Å². The number of rotatable bonds is 15. The zero-order valence-corrected chi connectivity index (χ0v) is 25.6. The molecule has 2 aromatic carbocycles. The summed E-state index contributed by atoms with van der Waals surface area (Å²) in [5, 5.41) is 0. The van der Waals surface area contributed by atoms with Crippen LogP contribution in [0.3, 0.4) is 0 Å². The first-order valence-electron chi connectivity index (χ1n) is 14.6. The number of hydrogen-bond donors (Lipinski definition) is 0. The maximum atomic E-state index is 14.0. The molecular formula is C33H42BrN3O4. The molecule has 0 unspecified atom stereocenters. The second-order valence-corrected chi connectivity index (χ2v) is 11.6. The van der Waals surface area contributed by atoms with E-state index in [1.165, 1.54) is 12.0 Å². The van der Waals surface area contributed by atoms with Crippen molar-refractivity contribution in [3.63, 3.8) is 0 Å². The lowest BCUT2D eigenvalue weighted by molar-refractivity contribution is -0.145. The fourth-order valence-corrected chi connectivity index (χ4v) is 5.65. The van der Waals surface area contributed by atoms with Crippen molar-refractivity contribution in [1.29, 1.82) is 0 Å². The normalized spacial score (nSPS) is 13.7. The number of methoxy groups -OCH3 is 1. The minimum Gasteiger partial charge on any atom is -0.385 e. The van der Waals surface area contributed by atoms with Crippen molar-refractivity contribution in [2.75, 3.05) is 33.4 Å². The molecule has 1 aromatic heterocycles. The van der Waals surface area contributed by atoms with Crippen molar-refractivity contribution in [1.82, 2.24) is 14.4 Å². The van der Waals surface area contributed by atoms with E-state index in [2.05, 4.69) is 57.0 Å². The topological polar surface area (TPSA) is 64.0 Å². The minimum absolute atomic E-state index is 0.0119. The highest BCUT2D eigenvalue weighted by Gasteiger charge is 2.29. The van der Waals surface area contributed by atoms with E-state index in [0.29, 0.717) is 32.7 Å². The van der Waals surface area contributed by atoms with Gasteiger partial charge in [-0.05, 0) is 54.7 Å². The molecule has 8 heteroatoms. The lowest BCUT2D eigenvalue weighted by Gasteiger charge is -2.36. The molecule has 0 radical (unpaired) electrons. The molecule has 0 saturated heterocycles. The van der Waals surface area contributed by atoms with E-state index in [-0.39, 0.29) is 31.0 Å². The van der Waals surface area contributed by atoms with E-state index in [1.54, 1.807) is 12.0 Å². The van der Waals surface area contributed by atoms with E-state index >= 15 is 0 Å². The monoisotopic (exact) mass is 623 g/mol. The molecule has 1 aliphatic rings. The first-order valence-corrected chi connectivity index (χ1v) is 15.4. The van der Waals surface area contributed by atoms with Gasteiger partial charge >= 0.3 is 0 Å². The Morgan fingerprint density at radius 3 is 2.41 bits per heavy atom. The van der Waals surface area contributed by atoms with Gasteiger partial charge in [0.15, 0.2) is 0 Å². The third kappa shape index (κ3) is 9.83. The Balaban J connectivity index is 1.45. The van der Waals surface area contributed by atoms with Gasteiger partial charge in [0, 0.05) is 49.2 Å². The Bertz CT molecular complexity index is 1210. The molecule has 1 fully saturated rings. The van der Waals surface area contributed by atoms with E-state index in [4.69, 9.17) is 9.47 Å². The number of halogens is 1. The van der Waals surface area contributed by atoms with Crippen LogP contribution in [-0.2, 0) is 38.8 Å². The molecule has 2 amide bonds.